The van der Waals surface area contributed by atoms with E-state index in [-0.39, 0.29) is 0 Å². The van der Waals surface area contributed by atoms with Crippen LogP contribution < -0.4 is 0 Å². The fourth-order valence-corrected chi connectivity index (χ4v) is 1.39. The summed E-state index contributed by atoms with van der Waals surface area (Å²) in [7, 11) is 2.95. The normalized spacial score (nSPS) is 43.4. The van der Waals surface area contributed by atoms with Crippen LogP contribution >= 0.6 is 0 Å². The molecule has 0 bridgehead atoms. The molecular weight excluding hydrogens is 160 g/mol. The molecule has 2 rings (SSSR count). The molecule has 0 amide bonds. The Labute approximate surface area is 70.0 Å². The van der Waals surface area contributed by atoms with E-state index in [1.807, 2.05) is 0 Å². The highest BCUT2D eigenvalue weighted by Crippen LogP contribution is 2.54. The van der Waals surface area contributed by atoms with Crippen LogP contribution in [0, 0.1) is 0 Å². The van der Waals surface area contributed by atoms with Gasteiger partial charge in [0.1, 0.15) is 0 Å². The van der Waals surface area contributed by atoms with Crippen molar-refractivity contribution in [2.45, 2.75) is 11.6 Å². The van der Waals surface area contributed by atoms with Gasteiger partial charge in [0.25, 0.3) is 11.6 Å². The lowest BCUT2D eigenvalue weighted by Crippen LogP contribution is -2.30. The fraction of sp³-hybridized carbons (Fsp3) is 0.500. The zero-order chi connectivity index (χ0) is 8.82. The Morgan fingerprint density at radius 3 is 2.83 bits per heavy atom. The maximum Gasteiger partial charge on any atom is 0.288 e. The quantitative estimate of drug-likeness (QED) is 0.599. The van der Waals surface area contributed by atoms with Crippen molar-refractivity contribution in [3.63, 3.8) is 0 Å². The molecule has 0 saturated carbocycles. The Hall–Kier alpha value is -0.840. The first kappa shape index (κ1) is 7.79. The van der Waals surface area contributed by atoms with Crippen molar-refractivity contribution in [3.8, 4) is 0 Å². The van der Waals surface area contributed by atoms with Crippen molar-refractivity contribution in [2.24, 2.45) is 0 Å². The number of hydrogen-bond acceptors (Lipinski definition) is 4. The van der Waals surface area contributed by atoms with Crippen LogP contribution in [-0.4, -0.2) is 30.9 Å². The van der Waals surface area contributed by atoms with Crippen molar-refractivity contribution < 1.29 is 19.3 Å². The van der Waals surface area contributed by atoms with Crippen molar-refractivity contribution >= 4 is 0 Å². The summed E-state index contributed by atoms with van der Waals surface area (Å²) in [6.07, 6.45) is 5.02. The maximum atomic E-state index is 9.77. The molecule has 1 aliphatic carbocycles. The Balaban J connectivity index is 2.33. The van der Waals surface area contributed by atoms with Crippen LogP contribution in [0.2, 0.25) is 0 Å². The Bertz CT molecular complexity index is 270. The zero-order valence-corrected chi connectivity index (χ0v) is 6.90. The molecule has 12 heavy (non-hydrogen) atoms. The molecule has 2 unspecified atom stereocenters. The van der Waals surface area contributed by atoms with Gasteiger partial charge in [0.2, 0.25) is 0 Å². The Kier molecular flexibility index (Phi) is 1.36. The number of hydrogen-bond donors (Lipinski definition) is 1. The first-order chi connectivity index (χ1) is 5.68. The van der Waals surface area contributed by atoms with Crippen LogP contribution in [0.15, 0.2) is 24.0 Å². The zero-order valence-electron chi connectivity index (χ0n) is 6.90. The fourth-order valence-electron chi connectivity index (χ4n) is 1.39. The standard InChI is InChI=1S/C8H10O4/c1-10-6-4-3-5-7(11-2)8(6,9)12-7/h3-5,9H,1-2H3. The van der Waals surface area contributed by atoms with E-state index in [2.05, 4.69) is 0 Å². The van der Waals surface area contributed by atoms with Crippen molar-refractivity contribution in [1.29, 1.82) is 0 Å². The molecular formula is C8H10O4. The summed E-state index contributed by atoms with van der Waals surface area (Å²) in [5.41, 5.74) is 0. The number of fused-ring (bicyclic) bond motifs is 1. The van der Waals surface area contributed by atoms with E-state index < -0.39 is 11.6 Å². The number of methoxy groups -OCH3 is 2. The van der Waals surface area contributed by atoms with E-state index in [1.165, 1.54) is 14.2 Å². The molecule has 0 aromatic rings. The van der Waals surface area contributed by atoms with Gasteiger partial charge in [0.15, 0.2) is 5.76 Å². The lowest BCUT2D eigenvalue weighted by atomic mass is 10.1. The smallest absolute Gasteiger partial charge is 0.288 e. The third-order valence-corrected chi connectivity index (χ3v) is 2.15. The highest BCUT2D eigenvalue weighted by Gasteiger charge is 2.74. The van der Waals surface area contributed by atoms with E-state index in [4.69, 9.17) is 14.2 Å². The van der Waals surface area contributed by atoms with E-state index in [9.17, 15) is 5.11 Å². The van der Waals surface area contributed by atoms with Gasteiger partial charge < -0.3 is 14.6 Å². The lowest BCUT2D eigenvalue weighted by Gasteiger charge is -2.15. The van der Waals surface area contributed by atoms with E-state index in [1.54, 1.807) is 18.2 Å². The van der Waals surface area contributed by atoms with Gasteiger partial charge in [-0.3, -0.25) is 4.74 Å². The van der Waals surface area contributed by atoms with Gasteiger partial charge >= 0.3 is 0 Å². The van der Waals surface area contributed by atoms with Crippen LogP contribution in [0.25, 0.3) is 0 Å². The van der Waals surface area contributed by atoms with E-state index in [0.29, 0.717) is 5.76 Å². The summed E-state index contributed by atoms with van der Waals surface area (Å²) in [5, 5.41) is 9.77. The third-order valence-electron chi connectivity index (χ3n) is 2.15. The summed E-state index contributed by atoms with van der Waals surface area (Å²) in [6, 6.07) is 0. The highest BCUT2D eigenvalue weighted by molar-refractivity contribution is 5.36. The van der Waals surface area contributed by atoms with Gasteiger partial charge in [-0.05, 0) is 12.2 Å². The average molecular weight is 170 g/mol. The molecule has 1 N–H and O–H groups in total. The van der Waals surface area contributed by atoms with Crippen LogP contribution in [0.4, 0.5) is 0 Å². The minimum atomic E-state index is -1.41. The molecule has 4 heteroatoms. The summed E-state index contributed by atoms with van der Waals surface area (Å²) in [5.74, 6) is -2.06. The van der Waals surface area contributed by atoms with Gasteiger partial charge in [0.05, 0.1) is 7.11 Å². The predicted octanol–water partition coefficient (Wildman–Crippen LogP) is 0.148. The van der Waals surface area contributed by atoms with Gasteiger partial charge in [-0.15, -0.1) is 0 Å². The predicted molar refractivity (Wildman–Crippen MR) is 40.0 cm³/mol. The first-order valence-corrected chi connectivity index (χ1v) is 3.60. The SMILES string of the molecule is COC1=CC=CC2(OC)OC12O. The van der Waals surface area contributed by atoms with Crippen LogP contribution in [-0.2, 0) is 14.2 Å². The second-order valence-electron chi connectivity index (χ2n) is 2.71. The van der Waals surface area contributed by atoms with Crippen molar-refractivity contribution in [3.05, 3.63) is 24.0 Å². The molecule has 1 aliphatic heterocycles. The summed E-state index contributed by atoms with van der Waals surface area (Å²) in [6.45, 7) is 0. The number of rotatable bonds is 2. The molecule has 4 nitrogen and oxygen atoms in total. The van der Waals surface area contributed by atoms with Gasteiger partial charge in [-0.1, -0.05) is 6.08 Å². The largest absolute Gasteiger partial charge is 0.495 e. The van der Waals surface area contributed by atoms with Gasteiger partial charge in [-0.2, -0.15) is 0 Å². The molecule has 0 aromatic heterocycles. The van der Waals surface area contributed by atoms with E-state index >= 15 is 0 Å². The van der Waals surface area contributed by atoms with E-state index in [0.717, 1.165) is 0 Å². The number of epoxide rings is 1. The first-order valence-electron chi connectivity index (χ1n) is 3.60. The Morgan fingerprint density at radius 2 is 2.25 bits per heavy atom. The molecule has 66 valence electrons. The number of ether oxygens (including phenoxy) is 3. The number of allylic oxidation sites excluding steroid dienone is 2. The molecule has 0 aromatic carbocycles. The highest BCUT2D eigenvalue weighted by atomic mass is 16.9. The molecule has 1 heterocycles. The van der Waals surface area contributed by atoms with Crippen LogP contribution in [0.1, 0.15) is 0 Å². The Morgan fingerprint density at radius 1 is 1.50 bits per heavy atom. The van der Waals surface area contributed by atoms with Crippen molar-refractivity contribution in [2.75, 3.05) is 14.2 Å². The molecule has 0 radical (unpaired) electrons. The summed E-state index contributed by atoms with van der Waals surface area (Å²) < 4.78 is 15.0. The second-order valence-corrected chi connectivity index (χ2v) is 2.71. The monoisotopic (exact) mass is 170 g/mol. The summed E-state index contributed by atoms with van der Waals surface area (Å²) in [4.78, 5) is 0. The minimum absolute atomic E-state index is 0.367. The minimum Gasteiger partial charge on any atom is -0.495 e. The average Bonchev–Trinajstić information content (AvgIpc) is 2.71. The second kappa shape index (κ2) is 2.10. The number of aliphatic hydroxyl groups is 1. The molecule has 1 saturated heterocycles. The molecule has 1 fully saturated rings. The van der Waals surface area contributed by atoms with Gasteiger partial charge in [0, 0.05) is 7.11 Å². The molecule has 0 spiro atoms. The topological polar surface area (TPSA) is 51.2 Å². The molecule has 2 aliphatic rings. The maximum absolute atomic E-state index is 9.77. The van der Waals surface area contributed by atoms with Gasteiger partial charge in [-0.25, -0.2) is 0 Å². The lowest BCUT2D eigenvalue weighted by molar-refractivity contribution is 0.00675. The third kappa shape index (κ3) is 0.671. The van der Waals surface area contributed by atoms with Crippen LogP contribution in [0.3, 0.4) is 0 Å². The van der Waals surface area contributed by atoms with Crippen LogP contribution in [0.5, 0.6) is 0 Å². The molecule has 2 atom stereocenters. The van der Waals surface area contributed by atoms with Crippen molar-refractivity contribution in [1.82, 2.24) is 0 Å². The summed E-state index contributed by atoms with van der Waals surface area (Å²) >= 11 is 0.